The van der Waals surface area contributed by atoms with Crippen LogP contribution in [-0.2, 0) is 10.2 Å². The number of benzene rings is 1. The van der Waals surface area contributed by atoms with Gasteiger partial charge in [-0.2, -0.15) is 0 Å². The van der Waals surface area contributed by atoms with Crippen LogP contribution in [0.4, 0.5) is 0 Å². The van der Waals surface area contributed by atoms with Crippen molar-refractivity contribution in [3.05, 3.63) is 35.9 Å². The molecule has 1 aliphatic rings. The highest BCUT2D eigenvalue weighted by atomic mass is 35.5. The monoisotopic (exact) mass is 212 g/mol. The molecule has 0 unspecified atom stereocenters. The molecule has 1 aromatic carbocycles. The highest BCUT2D eigenvalue weighted by molar-refractivity contribution is 5.85. The summed E-state index contributed by atoms with van der Waals surface area (Å²) in [4.78, 5) is 11.1. The largest absolute Gasteiger partial charge is 0.481 e. The quantitative estimate of drug-likeness (QED) is 0.818. The Hall–Kier alpha value is -1.02. The molecule has 1 fully saturated rings. The van der Waals surface area contributed by atoms with E-state index in [1.165, 1.54) is 0 Å². The molecule has 0 aliphatic heterocycles. The molecule has 0 bridgehead atoms. The Labute approximate surface area is 89.4 Å². The van der Waals surface area contributed by atoms with Crippen LogP contribution in [0.25, 0.3) is 0 Å². The van der Waals surface area contributed by atoms with E-state index in [9.17, 15) is 4.79 Å². The molecule has 3 heteroatoms. The third-order valence-electron chi connectivity index (χ3n) is 2.94. The molecule has 0 saturated heterocycles. The van der Waals surface area contributed by atoms with Crippen LogP contribution in [0.5, 0.6) is 0 Å². The van der Waals surface area contributed by atoms with Gasteiger partial charge in [0.05, 0.1) is 5.41 Å². The first-order valence-electron chi connectivity index (χ1n) is 4.55. The van der Waals surface area contributed by atoms with E-state index in [0.29, 0.717) is 0 Å². The number of hydrogen-bond acceptors (Lipinski definition) is 1. The number of halogens is 1. The van der Waals surface area contributed by atoms with Crippen molar-refractivity contribution in [3.63, 3.8) is 0 Å². The van der Waals surface area contributed by atoms with Gasteiger partial charge in [0.25, 0.3) is 0 Å². The van der Waals surface area contributed by atoms with E-state index in [-0.39, 0.29) is 12.4 Å². The van der Waals surface area contributed by atoms with Crippen molar-refractivity contribution in [2.24, 2.45) is 0 Å². The van der Waals surface area contributed by atoms with Crippen LogP contribution >= 0.6 is 12.4 Å². The zero-order valence-corrected chi connectivity index (χ0v) is 8.59. The second-order valence-corrected chi connectivity index (χ2v) is 3.61. The minimum Gasteiger partial charge on any atom is -0.481 e. The number of carbonyl (C=O) groups is 1. The summed E-state index contributed by atoms with van der Waals surface area (Å²) in [5.74, 6) is -0.676. The molecule has 0 aromatic heterocycles. The lowest BCUT2D eigenvalue weighted by Gasteiger charge is -2.38. The normalized spacial score (nSPS) is 17.7. The number of hydrogen-bond donors (Lipinski definition) is 1. The van der Waals surface area contributed by atoms with Crippen molar-refractivity contribution in [2.75, 3.05) is 0 Å². The Morgan fingerprint density at radius 3 is 2.14 bits per heavy atom. The topological polar surface area (TPSA) is 37.3 Å². The highest BCUT2D eigenvalue weighted by Crippen LogP contribution is 2.43. The molecule has 2 nitrogen and oxygen atoms in total. The van der Waals surface area contributed by atoms with Gasteiger partial charge >= 0.3 is 5.97 Å². The van der Waals surface area contributed by atoms with Gasteiger partial charge in [0.1, 0.15) is 0 Å². The number of carboxylic acid groups (broad SMARTS) is 1. The molecule has 1 N–H and O–H groups in total. The molecule has 1 aliphatic carbocycles. The lowest BCUT2D eigenvalue weighted by molar-refractivity contribution is -0.147. The third-order valence-corrected chi connectivity index (χ3v) is 2.94. The van der Waals surface area contributed by atoms with E-state index in [1.54, 1.807) is 0 Å². The molecule has 0 heterocycles. The molecular formula is C11H13ClO2. The first kappa shape index (κ1) is 11.1. The van der Waals surface area contributed by atoms with Gasteiger partial charge in [-0.15, -0.1) is 12.4 Å². The average Bonchev–Trinajstić information content (AvgIpc) is 2.03. The van der Waals surface area contributed by atoms with Gasteiger partial charge in [-0.25, -0.2) is 0 Å². The lowest BCUT2D eigenvalue weighted by Crippen LogP contribution is -2.42. The highest BCUT2D eigenvalue weighted by Gasteiger charge is 2.45. The van der Waals surface area contributed by atoms with Gasteiger partial charge in [0.15, 0.2) is 0 Å². The van der Waals surface area contributed by atoms with Crippen LogP contribution in [-0.4, -0.2) is 11.1 Å². The Bertz CT molecular complexity index is 317. The van der Waals surface area contributed by atoms with Gasteiger partial charge < -0.3 is 5.11 Å². The second-order valence-electron chi connectivity index (χ2n) is 3.61. The average molecular weight is 213 g/mol. The van der Waals surface area contributed by atoms with Crippen LogP contribution in [0.15, 0.2) is 30.3 Å². The minimum atomic E-state index is -0.676. The van der Waals surface area contributed by atoms with Crippen molar-refractivity contribution in [3.8, 4) is 0 Å². The Morgan fingerprint density at radius 1 is 1.21 bits per heavy atom. The fourth-order valence-electron chi connectivity index (χ4n) is 1.91. The molecule has 0 atom stereocenters. The van der Waals surface area contributed by atoms with E-state index in [4.69, 9.17) is 5.11 Å². The van der Waals surface area contributed by atoms with E-state index in [0.717, 1.165) is 24.8 Å². The predicted octanol–water partition coefficient (Wildman–Crippen LogP) is 2.61. The van der Waals surface area contributed by atoms with Gasteiger partial charge in [-0.3, -0.25) is 4.79 Å². The van der Waals surface area contributed by atoms with Crippen LogP contribution < -0.4 is 0 Å². The van der Waals surface area contributed by atoms with E-state index >= 15 is 0 Å². The zero-order valence-electron chi connectivity index (χ0n) is 7.77. The summed E-state index contributed by atoms with van der Waals surface area (Å²) in [6.07, 6.45) is 2.60. The fraction of sp³-hybridized carbons (Fsp3) is 0.364. The molecule has 0 radical (unpaired) electrons. The van der Waals surface area contributed by atoms with Crippen molar-refractivity contribution in [1.82, 2.24) is 0 Å². The van der Waals surface area contributed by atoms with Gasteiger partial charge in [-0.1, -0.05) is 36.8 Å². The molecule has 0 amide bonds. The summed E-state index contributed by atoms with van der Waals surface area (Å²) in [6, 6.07) is 9.54. The van der Waals surface area contributed by atoms with E-state index in [1.807, 2.05) is 30.3 Å². The van der Waals surface area contributed by atoms with Crippen molar-refractivity contribution >= 4 is 18.4 Å². The molecule has 2 rings (SSSR count). The van der Waals surface area contributed by atoms with Crippen LogP contribution in [0.1, 0.15) is 24.8 Å². The smallest absolute Gasteiger partial charge is 0.314 e. The second kappa shape index (κ2) is 4.01. The number of aliphatic carboxylic acids is 1. The fourth-order valence-corrected chi connectivity index (χ4v) is 1.91. The SMILES string of the molecule is Cl.O=C(O)C1(c2ccccc2)CCC1. The van der Waals surface area contributed by atoms with Crippen molar-refractivity contribution in [2.45, 2.75) is 24.7 Å². The molecule has 14 heavy (non-hydrogen) atoms. The Balaban J connectivity index is 0.000000980. The van der Waals surface area contributed by atoms with Crippen LogP contribution in [0.2, 0.25) is 0 Å². The van der Waals surface area contributed by atoms with Crippen molar-refractivity contribution < 1.29 is 9.90 Å². The van der Waals surface area contributed by atoms with Crippen LogP contribution in [0.3, 0.4) is 0 Å². The number of carboxylic acids is 1. The third kappa shape index (κ3) is 1.50. The Morgan fingerprint density at radius 2 is 1.79 bits per heavy atom. The standard InChI is InChI=1S/C11H12O2.ClH/c12-10(13)11(7-4-8-11)9-5-2-1-3-6-9;/h1-3,5-6H,4,7-8H2,(H,12,13);1H. The molecule has 1 aromatic rings. The first-order valence-corrected chi connectivity index (χ1v) is 4.55. The minimum absolute atomic E-state index is 0. The first-order chi connectivity index (χ1) is 6.26. The molecule has 1 saturated carbocycles. The van der Waals surface area contributed by atoms with E-state index < -0.39 is 11.4 Å². The zero-order chi connectivity index (χ0) is 9.31. The maximum absolute atomic E-state index is 11.1. The van der Waals surface area contributed by atoms with Gasteiger partial charge in [0.2, 0.25) is 0 Å². The summed E-state index contributed by atoms with van der Waals surface area (Å²) in [5, 5.41) is 9.14. The van der Waals surface area contributed by atoms with Crippen LogP contribution in [0, 0.1) is 0 Å². The lowest BCUT2D eigenvalue weighted by atomic mass is 9.64. The Kier molecular flexibility index (Phi) is 3.17. The maximum Gasteiger partial charge on any atom is 0.314 e. The number of rotatable bonds is 2. The van der Waals surface area contributed by atoms with Crippen molar-refractivity contribution in [1.29, 1.82) is 0 Å². The summed E-state index contributed by atoms with van der Waals surface area (Å²) >= 11 is 0. The summed E-state index contributed by atoms with van der Waals surface area (Å²) < 4.78 is 0. The molecule has 76 valence electrons. The van der Waals surface area contributed by atoms with E-state index in [2.05, 4.69) is 0 Å². The molecular weight excluding hydrogens is 200 g/mol. The van der Waals surface area contributed by atoms with Gasteiger partial charge in [0, 0.05) is 0 Å². The maximum atomic E-state index is 11.1. The summed E-state index contributed by atoms with van der Waals surface area (Å²) in [6.45, 7) is 0. The summed E-state index contributed by atoms with van der Waals surface area (Å²) in [5.41, 5.74) is 0.384. The van der Waals surface area contributed by atoms with Gasteiger partial charge in [-0.05, 0) is 18.4 Å². The predicted molar refractivity (Wildman–Crippen MR) is 56.9 cm³/mol. The molecule has 0 spiro atoms. The summed E-state index contributed by atoms with van der Waals surface area (Å²) in [7, 11) is 0.